The van der Waals surface area contributed by atoms with E-state index >= 15 is 0 Å². The normalized spacial score (nSPS) is 13.6. The number of methoxy groups -OCH3 is 3. The van der Waals surface area contributed by atoms with E-state index in [1.807, 2.05) is 4.90 Å². The molecule has 0 saturated carbocycles. The molecule has 1 aliphatic rings. The zero-order valence-corrected chi connectivity index (χ0v) is 18.1. The Labute approximate surface area is 184 Å². The minimum Gasteiger partial charge on any atom is -0.493 e. The Balaban J connectivity index is 1.67. The van der Waals surface area contributed by atoms with Crippen molar-refractivity contribution in [2.45, 2.75) is 0 Å². The molecule has 172 valence electrons. The SMILES string of the molecule is COCCOc1ccc(N2CCN(C(=O)c3cc(OC)c(OC)cc3[N+](=O)[O-])CC2)nn1. The number of nitro groups is 1. The molecule has 0 unspecified atom stereocenters. The summed E-state index contributed by atoms with van der Waals surface area (Å²) in [6.45, 7) is 2.60. The summed E-state index contributed by atoms with van der Waals surface area (Å²) in [4.78, 5) is 27.5. The molecule has 0 N–H and O–H groups in total. The highest BCUT2D eigenvalue weighted by Crippen LogP contribution is 2.35. The van der Waals surface area contributed by atoms with Crippen LogP contribution in [0.5, 0.6) is 17.4 Å². The molecule has 12 nitrogen and oxygen atoms in total. The van der Waals surface area contributed by atoms with Crippen LogP contribution in [0, 0.1) is 10.1 Å². The second kappa shape index (κ2) is 10.6. The van der Waals surface area contributed by atoms with E-state index < -0.39 is 10.8 Å². The van der Waals surface area contributed by atoms with E-state index in [1.165, 1.54) is 26.4 Å². The van der Waals surface area contributed by atoms with Crippen molar-refractivity contribution in [1.29, 1.82) is 0 Å². The van der Waals surface area contributed by atoms with Crippen molar-refractivity contribution < 1.29 is 28.7 Å². The van der Waals surface area contributed by atoms with Gasteiger partial charge in [0, 0.05) is 45.4 Å². The zero-order valence-electron chi connectivity index (χ0n) is 18.1. The summed E-state index contributed by atoms with van der Waals surface area (Å²) in [5, 5.41) is 19.7. The predicted molar refractivity (Wildman–Crippen MR) is 114 cm³/mol. The number of anilines is 1. The molecule has 1 aromatic heterocycles. The summed E-state index contributed by atoms with van der Waals surface area (Å²) < 4.78 is 20.7. The van der Waals surface area contributed by atoms with Crippen LogP contribution in [0.3, 0.4) is 0 Å². The molecule has 2 heterocycles. The molecule has 1 saturated heterocycles. The lowest BCUT2D eigenvalue weighted by molar-refractivity contribution is -0.385. The number of ether oxygens (including phenoxy) is 4. The third-order valence-corrected chi connectivity index (χ3v) is 4.98. The van der Waals surface area contributed by atoms with E-state index in [2.05, 4.69) is 10.2 Å². The number of piperazine rings is 1. The fourth-order valence-electron chi connectivity index (χ4n) is 3.29. The smallest absolute Gasteiger partial charge is 0.286 e. The number of rotatable bonds is 9. The van der Waals surface area contributed by atoms with Gasteiger partial charge in [0.15, 0.2) is 17.3 Å². The molecule has 0 spiro atoms. The van der Waals surface area contributed by atoms with E-state index in [1.54, 1.807) is 24.1 Å². The van der Waals surface area contributed by atoms with Gasteiger partial charge in [0.25, 0.3) is 11.6 Å². The third-order valence-electron chi connectivity index (χ3n) is 4.98. The van der Waals surface area contributed by atoms with Gasteiger partial charge in [-0.1, -0.05) is 0 Å². The highest BCUT2D eigenvalue weighted by molar-refractivity contribution is 5.99. The van der Waals surface area contributed by atoms with Crippen molar-refractivity contribution >= 4 is 17.4 Å². The summed E-state index contributed by atoms with van der Waals surface area (Å²) in [6, 6.07) is 6.07. The Morgan fingerprint density at radius 3 is 2.28 bits per heavy atom. The van der Waals surface area contributed by atoms with Gasteiger partial charge >= 0.3 is 0 Å². The van der Waals surface area contributed by atoms with Crippen LogP contribution in [0.1, 0.15) is 10.4 Å². The van der Waals surface area contributed by atoms with Crippen LogP contribution in [0.25, 0.3) is 0 Å². The van der Waals surface area contributed by atoms with Crippen LogP contribution in [0.15, 0.2) is 24.3 Å². The maximum atomic E-state index is 13.1. The number of hydrogen-bond acceptors (Lipinski definition) is 10. The van der Waals surface area contributed by atoms with Crippen molar-refractivity contribution in [1.82, 2.24) is 15.1 Å². The number of aromatic nitrogens is 2. The van der Waals surface area contributed by atoms with Crippen molar-refractivity contribution in [3.05, 3.63) is 39.9 Å². The Hall–Kier alpha value is -3.67. The first-order valence-corrected chi connectivity index (χ1v) is 9.88. The Morgan fingerprint density at radius 2 is 1.72 bits per heavy atom. The molecule has 2 aromatic rings. The van der Waals surface area contributed by atoms with Crippen LogP contribution in [-0.2, 0) is 4.74 Å². The van der Waals surface area contributed by atoms with Gasteiger partial charge in [-0.2, -0.15) is 0 Å². The molecule has 1 aliphatic heterocycles. The molecule has 12 heteroatoms. The van der Waals surface area contributed by atoms with Gasteiger partial charge in [-0.15, -0.1) is 10.2 Å². The molecule has 0 aliphatic carbocycles. The fourth-order valence-corrected chi connectivity index (χ4v) is 3.29. The molecule has 1 aromatic carbocycles. The van der Waals surface area contributed by atoms with Crippen LogP contribution in [0.2, 0.25) is 0 Å². The van der Waals surface area contributed by atoms with Gasteiger partial charge in [-0.25, -0.2) is 0 Å². The van der Waals surface area contributed by atoms with Gasteiger partial charge < -0.3 is 28.7 Å². The van der Waals surface area contributed by atoms with E-state index in [-0.39, 0.29) is 22.7 Å². The minimum absolute atomic E-state index is 0.0431. The van der Waals surface area contributed by atoms with Crippen LogP contribution >= 0.6 is 0 Å². The Kier molecular flexibility index (Phi) is 7.60. The number of nitrogens with zero attached hydrogens (tertiary/aromatic N) is 5. The van der Waals surface area contributed by atoms with E-state index in [0.29, 0.717) is 51.1 Å². The van der Waals surface area contributed by atoms with Crippen LogP contribution < -0.4 is 19.1 Å². The van der Waals surface area contributed by atoms with Gasteiger partial charge in [0.1, 0.15) is 12.2 Å². The number of carbonyl (C=O) groups is 1. The zero-order chi connectivity index (χ0) is 23.1. The van der Waals surface area contributed by atoms with Crippen LogP contribution in [-0.4, -0.2) is 86.6 Å². The second-order valence-corrected chi connectivity index (χ2v) is 6.83. The first kappa shape index (κ1) is 23.0. The van der Waals surface area contributed by atoms with E-state index in [9.17, 15) is 14.9 Å². The monoisotopic (exact) mass is 447 g/mol. The molecule has 0 bridgehead atoms. The minimum atomic E-state index is -0.600. The average molecular weight is 447 g/mol. The quantitative estimate of drug-likeness (QED) is 0.316. The lowest BCUT2D eigenvalue weighted by Gasteiger charge is -2.35. The number of hydrogen-bond donors (Lipinski definition) is 0. The van der Waals surface area contributed by atoms with Crippen molar-refractivity contribution in [3.63, 3.8) is 0 Å². The number of carbonyl (C=O) groups excluding carboxylic acids is 1. The van der Waals surface area contributed by atoms with E-state index in [0.717, 1.165) is 0 Å². The molecular weight excluding hydrogens is 422 g/mol. The lowest BCUT2D eigenvalue weighted by atomic mass is 10.1. The maximum absolute atomic E-state index is 13.1. The Morgan fingerprint density at radius 1 is 1.03 bits per heavy atom. The van der Waals surface area contributed by atoms with Gasteiger partial charge in [-0.3, -0.25) is 14.9 Å². The van der Waals surface area contributed by atoms with Crippen LogP contribution in [0.4, 0.5) is 11.5 Å². The number of benzene rings is 1. The third kappa shape index (κ3) is 5.14. The average Bonchev–Trinajstić information content (AvgIpc) is 2.83. The van der Waals surface area contributed by atoms with Crippen molar-refractivity contribution in [2.24, 2.45) is 0 Å². The first-order valence-electron chi connectivity index (χ1n) is 9.88. The summed E-state index contributed by atoms with van der Waals surface area (Å²) in [7, 11) is 4.38. The summed E-state index contributed by atoms with van der Waals surface area (Å²) in [5.74, 6) is 1.07. The molecule has 3 rings (SSSR count). The molecule has 0 atom stereocenters. The topological polar surface area (TPSA) is 129 Å². The second-order valence-electron chi connectivity index (χ2n) is 6.83. The lowest BCUT2D eigenvalue weighted by Crippen LogP contribution is -2.49. The first-order chi connectivity index (χ1) is 15.5. The highest BCUT2D eigenvalue weighted by atomic mass is 16.6. The van der Waals surface area contributed by atoms with Crippen molar-refractivity contribution in [2.75, 3.05) is 65.6 Å². The molecule has 1 fully saturated rings. The van der Waals surface area contributed by atoms with E-state index in [4.69, 9.17) is 18.9 Å². The van der Waals surface area contributed by atoms with Gasteiger partial charge in [0.2, 0.25) is 5.88 Å². The molecular formula is C20H25N5O7. The van der Waals surface area contributed by atoms with Gasteiger partial charge in [0.05, 0.1) is 31.8 Å². The number of nitro benzene ring substituents is 1. The summed E-state index contributed by atoms with van der Waals surface area (Å²) >= 11 is 0. The predicted octanol–water partition coefficient (Wildman–Crippen LogP) is 1.39. The van der Waals surface area contributed by atoms with Crippen molar-refractivity contribution in [3.8, 4) is 17.4 Å². The standard InChI is InChI=1S/C20H25N5O7/c1-29-10-11-32-19-5-4-18(21-22-19)23-6-8-24(9-7-23)20(26)14-12-16(30-2)17(31-3)13-15(14)25(27)28/h4-5,12-13H,6-11H2,1-3H3. The number of amides is 1. The maximum Gasteiger partial charge on any atom is 0.286 e. The molecule has 0 radical (unpaired) electrons. The molecule has 32 heavy (non-hydrogen) atoms. The summed E-state index contributed by atoms with van der Waals surface area (Å²) in [5.41, 5.74) is -0.372. The summed E-state index contributed by atoms with van der Waals surface area (Å²) in [6.07, 6.45) is 0. The molecule has 1 amide bonds. The Bertz CT molecular complexity index is 946. The van der Waals surface area contributed by atoms with Gasteiger partial charge in [-0.05, 0) is 6.07 Å². The highest BCUT2D eigenvalue weighted by Gasteiger charge is 2.30. The fraction of sp³-hybridized carbons (Fsp3) is 0.450. The largest absolute Gasteiger partial charge is 0.493 e.